The summed E-state index contributed by atoms with van der Waals surface area (Å²) in [7, 11) is 0. The number of rotatable bonds is 4. The highest BCUT2D eigenvalue weighted by Gasteiger charge is 2.33. The molecule has 0 aliphatic carbocycles. The summed E-state index contributed by atoms with van der Waals surface area (Å²) in [4.78, 5) is 14.0. The van der Waals surface area contributed by atoms with Gasteiger partial charge in [-0.25, -0.2) is 4.99 Å². The van der Waals surface area contributed by atoms with Crippen molar-refractivity contribution >= 4 is 52.1 Å². The quantitative estimate of drug-likeness (QED) is 0.692. The molecule has 3 rings (SSSR count). The molecule has 1 aliphatic heterocycles. The van der Waals surface area contributed by atoms with Crippen LogP contribution in [0.3, 0.4) is 0 Å². The predicted molar refractivity (Wildman–Crippen MR) is 116 cm³/mol. The third-order valence-corrected chi connectivity index (χ3v) is 4.60. The van der Waals surface area contributed by atoms with Gasteiger partial charge in [0.05, 0.1) is 10.0 Å². The Morgan fingerprint density at radius 1 is 1.04 bits per heavy atom. The molecule has 144 valence electrons. The third-order valence-electron chi connectivity index (χ3n) is 3.86. The Morgan fingerprint density at radius 2 is 1.74 bits per heavy atom. The van der Waals surface area contributed by atoms with E-state index in [-0.39, 0.29) is 28.9 Å². The molecule has 2 aromatic rings. The van der Waals surface area contributed by atoms with Crippen LogP contribution in [0.2, 0.25) is 10.0 Å². The van der Waals surface area contributed by atoms with Crippen LogP contribution in [0, 0.1) is 0 Å². The van der Waals surface area contributed by atoms with Crippen LogP contribution in [0.1, 0.15) is 19.4 Å². The zero-order valence-electron chi connectivity index (χ0n) is 14.8. The van der Waals surface area contributed by atoms with Gasteiger partial charge in [0, 0.05) is 0 Å². The van der Waals surface area contributed by atoms with E-state index in [1.807, 2.05) is 50.2 Å². The van der Waals surface area contributed by atoms with Gasteiger partial charge in [0.15, 0.2) is 5.66 Å². The standard InChI is InChI=1S/C18H19Cl2N5O.BrH/c1-18(2)24-16(21)23-17(22)25(18)26-10-11-4-3-5-12(8-11)13-6-7-14(19)15(20)9-13;/h3-9H,10H2,1-2H3,(H4,21,22,23,24);1H. The van der Waals surface area contributed by atoms with Crippen molar-refractivity contribution in [2.45, 2.75) is 26.1 Å². The first-order chi connectivity index (χ1) is 12.3. The van der Waals surface area contributed by atoms with Crippen molar-refractivity contribution in [2.24, 2.45) is 21.5 Å². The van der Waals surface area contributed by atoms with E-state index in [0.717, 1.165) is 16.7 Å². The van der Waals surface area contributed by atoms with Gasteiger partial charge in [-0.3, -0.25) is 4.84 Å². The van der Waals surface area contributed by atoms with Crippen molar-refractivity contribution in [1.29, 1.82) is 0 Å². The van der Waals surface area contributed by atoms with Gasteiger partial charge in [-0.1, -0.05) is 47.5 Å². The second-order valence-corrected chi connectivity index (χ2v) is 7.15. The Bertz CT molecular complexity index is 901. The SMILES string of the molecule is Br.CC1(C)N=C(N)N=C(N)N1OCc1cccc(-c2ccc(Cl)c(Cl)c2)c1. The molecule has 0 amide bonds. The second kappa shape index (κ2) is 8.48. The largest absolute Gasteiger partial charge is 0.368 e. The molecule has 0 saturated heterocycles. The number of hydrogen-bond donors (Lipinski definition) is 2. The fraction of sp³-hybridized carbons (Fsp3) is 0.222. The van der Waals surface area contributed by atoms with E-state index in [1.165, 1.54) is 5.06 Å². The maximum atomic E-state index is 6.11. The number of nitrogens with two attached hydrogens (primary N) is 2. The molecule has 0 fully saturated rings. The molecule has 27 heavy (non-hydrogen) atoms. The first-order valence-corrected chi connectivity index (χ1v) is 8.69. The van der Waals surface area contributed by atoms with Crippen LogP contribution in [-0.4, -0.2) is 22.6 Å². The molecule has 1 aliphatic rings. The number of guanidine groups is 2. The maximum Gasteiger partial charge on any atom is 0.226 e. The molecule has 1 heterocycles. The van der Waals surface area contributed by atoms with Crippen molar-refractivity contribution in [3.8, 4) is 11.1 Å². The Kier molecular flexibility index (Phi) is 6.75. The normalized spacial score (nSPS) is 15.6. The van der Waals surface area contributed by atoms with Crippen molar-refractivity contribution < 1.29 is 4.84 Å². The number of hydrogen-bond acceptors (Lipinski definition) is 6. The molecule has 9 heteroatoms. The first-order valence-electron chi connectivity index (χ1n) is 7.93. The number of halogens is 3. The fourth-order valence-electron chi connectivity index (χ4n) is 2.67. The third kappa shape index (κ3) is 4.93. The van der Waals surface area contributed by atoms with E-state index >= 15 is 0 Å². The number of nitrogens with zero attached hydrogens (tertiary/aromatic N) is 3. The van der Waals surface area contributed by atoms with Gasteiger partial charge in [0.2, 0.25) is 11.9 Å². The minimum atomic E-state index is -0.739. The van der Waals surface area contributed by atoms with Crippen molar-refractivity contribution in [3.63, 3.8) is 0 Å². The smallest absolute Gasteiger partial charge is 0.226 e. The van der Waals surface area contributed by atoms with Crippen LogP contribution >= 0.6 is 40.2 Å². The molecule has 6 nitrogen and oxygen atoms in total. The summed E-state index contributed by atoms with van der Waals surface area (Å²) in [5, 5.41) is 2.49. The van der Waals surface area contributed by atoms with Crippen molar-refractivity contribution in [3.05, 3.63) is 58.1 Å². The highest BCUT2D eigenvalue weighted by Crippen LogP contribution is 2.29. The zero-order valence-corrected chi connectivity index (χ0v) is 18.0. The average molecular weight is 473 g/mol. The summed E-state index contributed by atoms with van der Waals surface area (Å²) in [6.45, 7) is 3.98. The lowest BCUT2D eigenvalue weighted by Crippen LogP contribution is -2.53. The lowest BCUT2D eigenvalue weighted by molar-refractivity contribution is -0.166. The van der Waals surface area contributed by atoms with Gasteiger partial charge in [-0.15, -0.1) is 17.0 Å². The summed E-state index contributed by atoms with van der Waals surface area (Å²) in [6, 6.07) is 13.5. The highest BCUT2D eigenvalue weighted by molar-refractivity contribution is 8.93. The average Bonchev–Trinajstić information content (AvgIpc) is 2.56. The van der Waals surface area contributed by atoms with Gasteiger partial charge < -0.3 is 11.5 Å². The molecule has 0 unspecified atom stereocenters. The topological polar surface area (TPSA) is 89.2 Å². The number of aliphatic imine (C=N–C) groups is 2. The molecule has 0 atom stereocenters. The minimum absolute atomic E-state index is 0. The molecule has 0 aromatic heterocycles. The van der Waals surface area contributed by atoms with E-state index in [2.05, 4.69) is 9.98 Å². The minimum Gasteiger partial charge on any atom is -0.368 e. The van der Waals surface area contributed by atoms with Crippen molar-refractivity contribution in [1.82, 2.24) is 5.06 Å². The number of hydroxylamine groups is 2. The van der Waals surface area contributed by atoms with Gasteiger partial charge in [0.1, 0.15) is 6.61 Å². The molecule has 0 radical (unpaired) electrons. The summed E-state index contributed by atoms with van der Waals surface area (Å²) >= 11 is 12.1. The molecule has 4 N–H and O–H groups in total. The van der Waals surface area contributed by atoms with E-state index < -0.39 is 5.66 Å². The number of benzene rings is 2. The van der Waals surface area contributed by atoms with Gasteiger partial charge in [-0.05, 0) is 48.7 Å². The lowest BCUT2D eigenvalue weighted by atomic mass is 10.0. The fourth-order valence-corrected chi connectivity index (χ4v) is 2.97. The molecular formula is C18H20BrCl2N5O. The first kappa shape index (κ1) is 21.5. The summed E-state index contributed by atoms with van der Waals surface area (Å²) in [6.07, 6.45) is 0. The molecule has 0 spiro atoms. The predicted octanol–water partition coefficient (Wildman–Crippen LogP) is 4.35. The van der Waals surface area contributed by atoms with Crippen LogP contribution in [0.25, 0.3) is 11.1 Å². The molecule has 0 bridgehead atoms. The van der Waals surface area contributed by atoms with Crippen molar-refractivity contribution in [2.75, 3.05) is 0 Å². The van der Waals surface area contributed by atoms with Crippen LogP contribution in [0.5, 0.6) is 0 Å². The summed E-state index contributed by atoms with van der Waals surface area (Å²) in [5.41, 5.74) is 13.8. The zero-order chi connectivity index (χ0) is 18.9. The van der Waals surface area contributed by atoms with E-state index in [0.29, 0.717) is 16.7 Å². The Labute approximate surface area is 178 Å². The maximum absolute atomic E-state index is 6.11. The van der Waals surface area contributed by atoms with E-state index in [9.17, 15) is 0 Å². The van der Waals surface area contributed by atoms with Crippen LogP contribution in [0.15, 0.2) is 52.4 Å². The van der Waals surface area contributed by atoms with Gasteiger partial charge in [0.25, 0.3) is 0 Å². The van der Waals surface area contributed by atoms with Crippen LogP contribution < -0.4 is 11.5 Å². The van der Waals surface area contributed by atoms with E-state index in [1.54, 1.807) is 6.07 Å². The van der Waals surface area contributed by atoms with Crippen LogP contribution in [0.4, 0.5) is 0 Å². The van der Waals surface area contributed by atoms with E-state index in [4.69, 9.17) is 39.5 Å². The highest BCUT2D eigenvalue weighted by atomic mass is 79.9. The molecular weight excluding hydrogens is 453 g/mol. The lowest BCUT2D eigenvalue weighted by Gasteiger charge is -2.36. The van der Waals surface area contributed by atoms with Crippen LogP contribution in [-0.2, 0) is 11.4 Å². The molecule has 0 saturated carbocycles. The second-order valence-electron chi connectivity index (χ2n) is 6.33. The summed E-state index contributed by atoms with van der Waals surface area (Å²) in [5.74, 6) is 0.303. The molecule has 2 aromatic carbocycles. The van der Waals surface area contributed by atoms with Gasteiger partial charge in [-0.2, -0.15) is 10.1 Å². The summed E-state index contributed by atoms with van der Waals surface area (Å²) < 4.78 is 0. The monoisotopic (exact) mass is 471 g/mol. The Morgan fingerprint density at radius 3 is 2.41 bits per heavy atom. The Balaban J connectivity index is 0.00000261. The Hall–Kier alpha value is -1.80. The van der Waals surface area contributed by atoms with Gasteiger partial charge >= 0.3 is 0 Å².